The Balaban J connectivity index is 1.40. The van der Waals surface area contributed by atoms with Gasteiger partial charge in [-0.1, -0.05) is 35.9 Å². The Labute approximate surface area is 198 Å². The molecule has 176 valence electrons. The maximum atomic E-state index is 12.3. The highest BCUT2D eigenvalue weighted by Crippen LogP contribution is 2.28. The number of nitrogen functional groups attached to an aromatic ring is 1. The fraction of sp³-hybridized carbons (Fsp3) is 0.192. The van der Waals surface area contributed by atoms with E-state index in [1.807, 2.05) is 50.2 Å². The maximum absolute atomic E-state index is 12.3. The smallest absolute Gasteiger partial charge is 0.299 e. The number of aliphatic hydroxyl groups is 1. The molecule has 3 aromatic carbocycles. The van der Waals surface area contributed by atoms with Crippen molar-refractivity contribution < 1.29 is 22.4 Å². The molecule has 4 aromatic rings. The van der Waals surface area contributed by atoms with Gasteiger partial charge in [0.05, 0.1) is 22.7 Å². The first kappa shape index (κ1) is 23.7. The summed E-state index contributed by atoms with van der Waals surface area (Å²) in [6.45, 7) is 3.89. The minimum Gasteiger partial charge on any atom is -0.493 e. The number of nitrogens with zero attached hydrogens (tertiary/aromatic N) is 1. The number of hydrogen-bond acceptors (Lipinski definition) is 7. The molecule has 0 saturated carbocycles. The quantitative estimate of drug-likeness (QED) is 0.216. The van der Waals surface area contributed by atoms with E-state index in [0.29, 0.717) is 11.4 Å². The van der Waals surface area contributed by atoms with Gasteiger partial charge in [0.25, 0.3) is 10.1 Å². The van der Waals surface area contributed by atoms with Gasteiger partial charge >= 0.3 is 0 Å². The van der Waals surface area contributed by atoms with Crippen LogP contribution in [0.2, 0.25) is 0 Å². The average molecular weight is 479 g/mol. The second kappa shape index (κ2) is 9.80. The molecule has 0 saturated heterocycles. The first-order valence-corrected chi connectivity index (χ1v) is 12.2. The van der Waals surface area contributed by atoms with Crippen molar-refractivity contribution in [1.82, 2.24) is 4.98 Å². The average Bonchev–Trinajstić information content (AvgIpc) is 2.78. The molecule has 0 bridgehead atoms. The summed E-state index contributed by atoms with van der Waals surface area (Å²) < 4.78 is 35.2. The van der Waals surface area contributed by atoms with Crippen molar-refractivity contribution in [2.45, 2.75) is 31.5 Å². The van der Waals surface area contributed by atoms with Crippen LogP contribution in [0.1, 0.15) is 17.5 Å². The highest BCUT2D eigenvalue weighted by atomic mass is 32.2. The minimum absolute atomic E-state index is 0.0105. The van der Waals surface area contributed by atoms with E-state index in [-0.39, 0.29) is 17.9 Å². The molecule has 34 heavy (non-hydrogen) atoms. The fourth-order valence-electron chi connectivity index (χ4n) is 3.48. The van der Waals surface area contributed by atoms with Gasteiger partial charge in [-0.05, 0) is 55.8 Å². The number of ether oxygens (including phenoxy) is 1. The number of aromatic nitrogens is 1. The Hall–Kier alpha value is -3.46. The third-order valence-corrected chi connectivity index (χ3v) is 6.65. The Kier molecular flexibility index (Phi) is 6.83. The lowest BCUT2D eigenvalue weighted by atomic mass is 10.1. The predicted octanol–water partition coefficient (Wildman–Crippen LogP) is 4.59. The molecular formula is C26H26N2O5S. The molecule has 1 unspecified atom stereocenters. The number of rotatable bonds is 8. The molecule has 0 aliphatic heterocycles. The van der Waals surface area contributed by atoms with Crippen molar-refractivity contribution in [3.05, 3.63) is 83.9 Å². The number of anilines is 1. The van der Waals surface area contributed by atoms with Crippen LogP contribution in [0.5, 0.6) is 5.75 Å². The summed E-state index contributed by atoms with van der Waals surface area (Å²) in [5, 5.41) is 11.0. The van der Waals surface area contributed by atoms with Crippen LogP contribution in [-0.4, -0.2) is 31.4 Å². The Morgan fingerprint density at radius 2 is 1.65 bits per heavy atom. The molecule has 0 aliphatic rings. The van der Waals surface area contributed by atoms with E-state index < -0.39 is 16.4 Å². The Bertz CT molecular complexity index is 1420. The lowest BCUT2D eigenvalue weighted by Crippen LogP contribution is -2.20. The SMILES string of the molecule is Cc1ccc(S(=O)(=O)OC(O)CCOc2ccc3ccc(-c4ccc(C)cc4N)nc3c2)cc1. The Morgan fingerprint density at radius 1 is 0.941 bits per heavy atom. The van der Waals surface area contributed by atoms with Crippen LogP contribution in [0, 0.1) is 13.8 Å². The molecule has 8 heteroatoms. The zero-order valence-corrected chi connectivity index (χ0v) is 19.7. The van der Waals surface area contributed by atoms with Crippen LogP contribution in [0.3, 0.4) is 0 Å². The molecule has 0 amide bonds. The number of aryl methyl sites for hydroxylation is 2. The predicted molar refractivity (Wildman–Crippen MR) is 132 cm³/mol. The second-order valence-corrected chi connectivity index (χ2v) is 9.67. The van der Waals surface area contributed by atoms with Crippen LogP contribution < -0.4 is 10.5 Å². The molecule has 0 aliphatic carbocycles. The molecule has 0 radical (unpaired) electrons. The molecule has 4 rings (SSSR count). The molecule has 3 N–H and O–H groups in total. The molecule has 1 aromatic heterocycles. The number of aliphatic hydroxyl groups excluding tert-OH is 1. The van der Waals surface area contributed by atoms with E-state index in [1.54, 1.807) is 24.3 Å². The van der Waals surface area contributed by atoms with Crippen molar-refractivity contribution in [3.8, 4) is 17.0 Å². The molecule has 7 nitrogen and oxygen atoms in total. The van der Waals surface area contributed by atoms with Gasteiger partial charge in [0.15, 0.2) is 6.29 Å². The van der Waals surface area contributed by atoms with E-state index >= 15 is 0 Å². The minimum atomic E-state index is -4.06. The lowest BCUT2D eigenvalue weighted by Gasteiger charge is -2.13. The largest absolute Gasteiger partial charge is 0.493 e. The summed E-state index contributed by atoms with van der Waals surface area (Å²) in [4.78, 5) is 4.70. The number of nitrogens with two attached hydrogens (primary N) is 1. The second-order valence-electron chi connectivity index (χ2n) is 8.10. The zero-order chi connectivity index (χ0) is 24.3. The summed E-state index contributed by atoms with van der Waals surface area (Å²) in [6.07, 6.45) is -1.56. The number of benzene rings is 3. The van der Waals surface area contributed by atoms with E-state index in [2.05, 4.69) is 0 Å². The summed E-state index contributed by atoms with van der Waals surface area (Å²) in [5.74, 6) is 0.544. The van der Waals surface area contributed by atoms with E-state index in [1.165, 1.54) is 12.1 Å². The first-order chi connectivity index (χ1) is 16.2. The van der Waals surface area contributed by atoms with Crippen molar-refractivity contribution in [1.29, 1.82) is 0 Å². The molecule has 1 heterocycles. The first-order valence-electron chi connectivity index (χ1n) is 10.8. The van der Waals surface area contributed by atoms with Crippen LogP contribution in [0.25, 0.3) is 22.2 Å². The topological polar surface area (TPSA) is 112 Å². The highest BCUT2D eigenvalue weighted by Gasteiger charge is 2.20. The molecule has 1 atom stereocenters. The number of pyridine rings is 1. The summed E-state index contributed by atoms with van der Waals surface area (Å²) in [5.41, 5.74) is 11.2. The molecule has 0 spiro atoms. The van der Waals surface area contributed by atoms with Crippen molar-refractivity contribution in [2.24, 2.45) is 0 Å². The van der Waals surface area contributed by atoms with Gasteiger partial charge in [-0.3, -0.25) is 0 Å². The van der Waals surface area contributed by atoms with Gasteiger partial charge in [0.1, 0.15) is 5.75 Å². The van der Waals surface area contributed by atoms with Gasteiger partial charge in [0, 0.05) is 29.1 Å². The maximum Gasteiger partial charge on any atom is 0.299 e. The van der Waals surface area contributed by atoms with Gasteiger partial charge in [-0.15, -0.1) is 0 Å². The normalized spacial score (nSPS) is 12.6. The number of hydrogen-bond donors (Lipinski definition) is 2. The summed E-state index contributed by atoms with van der Waals surface area (Å²) >= 11 is 0. The fourth-order valence-corrected chi connectivity index (χ4v) is 4.45. The third kappa shape index (κ3) is 5.53. The molecular weight excluding hydrogens is 452 g/mol. The van der Waals surface area contributed by atoms with Crippen molar-refractivity contribution >= 4 is 26.7 Å². The van der Waals surface area contributed by atoms with Gasteiger partial charge in [-0.25, -0.2) is 9.17 Å². The van der Waals surface area contributed by atoms with E-state index in [9.17, 15) is 13.5 Å². The van der Waals surface area contributed by atoms with Crippen LogP contribution in [0.4, 0.5) is 5.69 Å². The van der Waals surface area contributed by atoms with Crippen LogP contribution in [0.15, 0.2) is 77.7 Å². The van der Waals surface area contributed by atoms with Gasteiger partial charge < -0.3 is 15.6 Å². The van der Waals surface area contributed by atoms with Gasteiger partial charge in [0.2, 0.25) is 0 Å². The summed E-state index contributed by atoms with van der Waals surface area (Å²) in [6, 6.07) is 21.4. The Morgan fingerprint density at radius 3 is 2.38 bits per heavy atom. The van der Waals surface area contributed by atoms with E-state index in [4.69, 9.17) is 19.6 Å². The van der Waals surface area contributed by atoms with Crippen LogP contribution >= 0.6 is 0 Å². The van der Waals surface area contributed by atoms with Crippen LogP contribution in [-0.2, 0) is 14.3 Å². The van der Waals surface area contributed by atoms with E-state index in [0.717, 1.165) is 33.3 Å². The highest BCUT2D eigenvalue weighted by molar-refractivity contribution is 7.86. The zero-order valence-electron chi connectivity index (χ0n) is 18.9. The third-order valence-electron chi connectivity index (χ3n) is 5.33. The number of fused-ring (bicyclic) bond motifs is 1. The van der Waals surface area contributed by atoms with Crippen molar-refractivity contribution in [3.63, 3.8) is 0 Å². The summed E-state index contributed by atoms with van der Waals surface area (Å²) in [7, 11) is -4.06. The molecule has 0 fully saturated rings. The van der Waals surface area contributed by atoms with Gasteiger partial charge in [-0.2, -0.15) is 8.42 Å². The standard InChI is InChI=1S/C26H26N2O5S/c1-17-3-9-21(10-4-17)34(30,31)33-26(29)13-14-32-20-8-6-19-7-12-24(28-25(19)16-20)22-11-5-18(2)15-23(22)27/h3-12,15-16,26,29H,13-14,27H2,1-2H3. The van der Waals surface area contributed by atoms with Crippen molar-refractivity contribution in [2.75, 3.05) is 12.3 Å². The monoisotopic (exact) mass is 478 g/mol. The lowest BCUT2D eigenvalue weighted by molar-refractivity contribution is -0.0256.